The predicted molar refractivity (Wildman–Crippen MR) is 106 cm³/mol. The molecule has 0 unspecified atom stereocenters. The third kappa shape index (κ3) is 4.12. The summed E-state index contributed by atoms with van der Waals surface area (Å²) in [6.45, 7) is 3.77. The van der Waals surface area contributed by atoms with Gasteiger partial charge in [0.25, 0.3) is 0 Å². The van der Waals surface area contributed by atoms with Crippen molar-refractivity contribution in [3.05, 3.63) is 29.5 Å². The molecule has 2 fully saturated rings. The lowest BCUT2D eigenvalue weighted by atomic mass is 9.85. The molecule has 2 saturated carbocycles. The average Bonchev–Trinajstić information content (AvgIpc) is 2.93. The lowest BCUT2D eigenvalue weighted by Crippen LogP contribution is -2.22. The predicted octanol–water partition coefficient (Wildman–Crippen LogP) is 5.10. The minimum absolute atomic E-state index is 0. The van der Waals surface area contributed by atoms with Crippen molar-refractivity contribution in [2.75, 3.05) is 6.61 Å². The Morgan fingerprint density at radius 1 is 1.23 bits per heavy atom. The van der Waals surface area contributed by atoms with Gasteiger partial charge in [-0.2, -0.15) is 5.10 Å². The molecule has 1 aromatic carbocycles. The Bertz CT molecular complexity index is 763. The summed E-state index contributed by atoms with van der Waals surface area (Å²) in [4.78, 5) is 12.6. The third-order valence-electron chi connectivity index (χ3n) is 5.93. The monoisotopic (exact) mass is 376 g/mol. The first-order chi connectivity index (χ1) is 12.2. The zero-order chi connectivity index (χ0) is 17.2. The molecule has 2 aromatic rings. The minimum Gasteiger partial charge on any atom is -0.378 e. The number of nitrogens with zero attached hydrogens (tertiary/aromatic N) is 2. The molecule has 26 heavy (non-hydrogen) atoms. The van der Waals surface area contributed by atoms with Crippen molar-refractivity contribution in [1.29, 1.82) is 0 Å². The van der Waals surface area contributed by atoms with Gasteiger partial charge in [0.2, 0.25) is 0 Å². The Morgan fingerprint density at radius 2 is 2.00 bits per heavy atom. The van der Waals surface area contributed by atoms with E-state index >= 15 is 0 Å². The van der Waals surface area contributed by atoms with Gasteiger partial charge in [-0.1, -0.05) is 6.42 Å². The number of carbonyl (C=O) groups is 1. The summed E-state index contributed by atoms with van der Waals surface area (Å²) in [5.41, 5.74) is 2.92. The van der Waals surface area contributed by atoms with E-state index in [1.165, 1.54) is 38.5 Å². The van der Waals surface area contributed by atoms with Crippen molar-refractivity contribution in [2.45, 2.75) is 70.9 Å². The Kier molecular flexibility index (Phi) is 6.36. The van der Waals surface area contributed by atoms with Crippen LogP contribution in [0.5, 0.6) is 0 Å². The van der Waals surface area contributed by atoms with E-state index in [1.807, 2.05) is 12.1 Å². The SMILES string of the molecule is Cc1c(C(=O)CCCOC2CCC2)ccc2nn(CC3CCC3)cc12.Cl. The number of benzene rings is 1. The molecule has 2 aliphatic carbocycles. The van der Waals surface area contributed by atoms with E-state index in [1.54, 1.807) is 0 Å². The van der Waals surface area contributed by atoms with Crippen LogP contribution in [0, 0.1) is 12.8 Å². The second-order valence-corrected chi connectivity index (χ2v) is 7.77. The molecule has 4 rings (SSSR count). The van der Waals surface area contributed by atoms with Gasteiger partial charge < -0.3 is 4.74 Å². The molecule has 0 spiro atoms. The van der Waals surface area contributed by atoms with E-state index in [4.69, 9.17) is 9.84 Å². The number of fused-ring (bicyclic) bond motifs is 1. The van der Waals surface area contributed by atoms with Crippen LogP contribution in [-0.2, 0) is 11.3 Å². The normalized spacial score (nSPS) is 17.6. The molecule has 5 heteroatoms. The Balaban J connectivity index is 0.00000196. The van der Waals surface area contributed by atoms with Gasteiger partial charge in [-0.05, 0) is 69.1 Å². The molecular weight excluding hydrogens is 348 g/mol. The van der Waals surface area contributed by atoms with Gasteiger partial charge in [0.15, 0.2) is 5.78 Å². The molecule has 0 bridgehead atoms. The van der Waals surface area contributed by atoms with Crippen LogP contribution < -0.4 is 0 Å². The molecule has 2 aliphatic rings. The quantitative estimate of drug-likeness (QED) is 0.475. The molecule has 4 nitrogen and oxygen atoms in total. The lowest BCUT2D eigenvalue weighted by molar-refractivity contribution is 0.00103. The number of ether oxygens (including phenoxy) is 1. The maximum absolute atomic E-state index is 12.6. The van der Waals surface area contributed by atoms with Gasteiger partial charge in [-0.3, -0.25) is 9.48 Å². The van der Waals surface area contributed by atoms with E-state index in [-0.39, 0.29) is 18.2 Å². The van der Waals surface area contributed by atoms with Gasteiger partial charge in [-0.15, -0.1) is 12.4 Å². The number of hydrogen-bond donors (Lipinski definition) is 0. The number of carbonyl (C=O) groups excluding carboxylic acids is 1. The molecule has 0 radical (unpaired) electrons. The van der Waals surface area contributed by atoms with E-state index in [2.05, 4.69) is 17.8 Å². The second kappa shape index (κ2) is 8.53. The zero-order valence-electron chi connectivity index (χ0n) is 15.6. The lowest BCUT2D eigenvalue weighted by Gasteiger charge is -2.25. The fourth-order valence-electron chi connectivity index (χ4n) is 3.77. The number of hydrogen-bond acceptors (Lipinski definition) is 3. The van der Waals surface area contributed by atoms with Crippen molar-refractivity contribution in [3.8, 4) is 0 Å². The molecule has 0 N–H and O–H groups in total. The van der Waals surface area contributed by atoms with E-state index in [9.17, 15) is 4.79 Å². The number of rotatable bonds is 8. The van der Waals surface area contributed by atoms with Crippen molar-refractivity contribution >= 4 is 29.1 Å². The summed E-state index contributed by atoms with van der Waals surface area (Å²) < 4.78 is 7.83. The highest BCUT2D eigenvalue weighted by Crippen LogP contribution is 2.29. The summed E-state index contributed by atoms with van der Waals surface area (Å²) >= 11 is 0. The third-order valence-corrected chi connectivity index (χ3v) is 5.93. The maximum atomic E-state index is 12.6. The smallest absolute Gasteiger partial charge is 0.163 e. The summed E-state index contributed by atoms with van der Waals surface area (Å²) in [7, 11) is 0. The minimum atomic E-state index is 0. The highest BCUT2D eigenvalue weighted by molar-refractivity contribution is 6.01. The molecule has 1 heterocycles. The maximum Gasteiger partial charge on any atom is 0.163 e. The number of aromatic nitrogens is 2. The van der Waals surface area contributed by atoms with Crippen LogP contribution in [0.15, 0.2) is 18.3 Å². The van der Waals surface area contributed by atoms with E-state index in [0.29, 0.717) is 19.1 Å². The van der Waals surface area contributed by atoms with Crippen LogP contribution in [-0.4, -0.2) is 28.3 Å². The van der Waals surface area contributed by atoms with Gasteiger partial charge in [0.1, 0.15) is 0 Å². The van der Waals surface area contributed by atoms with Crippen LogP contribution in [0.25, 0.3) is 10.9 Å². The van der Waals surface area contributed by atoms with Gasteiger partial charge in [-0.25, -0.2) is 0 Å². The Morgan fingerprint density at radius 3 is 2.65 bits per heavy atom. The van der Waals surface area contributed by atoms with Crippen LogP contribution in [0.4, 0.5) is 0 Å². The average molecular weight is 377 g/mol. The topological polar surface area (TPSA) is 44.1 Å². The molecule has 1 aromatic heterocycles. The highest BCUT2D eigenvalue weighted by atomic mass is 35.5. The largest absolute Gasteiger partial charge is 0.378 e. The molecule has 0 saturated heterocycles. The van der Waals surface area contributed by atoms with Crippen molar-refractivity contribution < 1.29 is 9.53 Å². The van der Waals surface area contributed by atoms with Gasteiger partial charge >= 0.3 is 0 Å². The standard InChI is InChI=1S/C21H28N2O2.ClH/c1-15-18(21(24)9-4-12-25-17-7-3-8-17)10-11-20-19(15)14-23(22-20)13-16-5-2-6-16;/h10-11,14,16-17H,2-9,12-13H2,1H3;1H. The van der Waals surface area contributed by atoms with Crippen LogP contribution >= 0.6 is 12.4 Å². The van der Waals surface area contributed by atoms with Crippen molar-refractivity contribution in [1.82, 2.24) is 9.78 Å². The van der Waals surface area contributed by atoms with Crippen LogP contribution in [0.1, 0.15) is 67.3 Å². The highest BCUT2D eigenvalue weighted by Gasteiger charge is 2.20. The number of aryl methyl sites for hydroxylation is 1. The molecule has 142 valence electrons. The second-order valence-electron chi connectivity index (χ2n) is 7.77. The summed E-state index contributed by atoms with van der Waals surface area (Å²) in [5.74, 6) is 1.01. The first-order valence-electron chi connectivity index (χ1n) is 9.82. The number of Topliss-reactive ketones (excluding diaryl/α,β-unsaturated/α-hetero) is 1. The fraction of sp³-hybridized carbons (Fsp3) is 0.619. The molecular formula is C21H29ClN2O2. The molecule has 0 atom stereocenters. The van der Waals surface area contributed by atoms with Crippen LogP contribution in [0.3, 0.4) is 0 Å². The Labute approximate surface area is 161 Å². The van der Waals surface area contributed by atoms with Gasteiger partial charge in [0, 0.05) is 36.7 Å². The number of halogens is 1. The first-order valence-corrected chi connectivity index (χ1v) is 9.82. The summed E-state index contributed by atoms with van der Waals surface area (Å²) in [5, 5.41) is 5.81. The summed E-state index contributed by atoms with van der Waals surface area (Å²) in [6.07, 6.45) is 11.6. The van der Waals surface area contributed by atoms with E-state index < -0.39 is 0 Å². The fourth-order valence-corrected chi connectivity index (χ4v) is 3.77. The Hall–Kier alpha value is -1.39. The summed E-state index contributed by atoms with van der Waals surface area (Å²) in [6, 6.07) is 3.95. The van der Waals surface area contributed by atoms with Crippen LogP contribution in [0.2, 0.25) is 0 Å². The first kappa shape index (κ1) is 19.4. The van der Waals surface area contributed by atoms with E-state index in [0.717, 1.165) is 40.9 Å². The molecule has 0 aliphatic heterocycles. The van der Waals surface area contributed by atoms with Crippen molar-refractivity contribution in [2.24, 2.45) is 5.92 Å². The number of ketones is 1. The van der Waals surface area contributed by atoms with Crippen molar-refractivity contribution in [3.63, 3.8) is 0 Å². The van der Waals surface area contributed by atoms with Gasteiger partial charge in [0.05, 0.1) is 11.6 Å². The molecule has 0 amide bonds. The zero-order valence-corrected chi connectivity index (χ0v) is 16.4.